The second-order valence-electron chi connectivity index (χ2n) is 3.52. The molecule has 0 aliphatic carbocycles. The summed E-state index contributed by atoms with van der Waals surface area (Å²) < 4.78 is 4.78. The fourth-order valence-electron chi connectivity index (χ4n) is 1.21. The Morgan fingerprint density at radius 1 is 1.21 bits per heavy atom. The first-order valence-electron chi connectivity index (χ1n) is 4.85. The molecule has 0 amide bonds. The number of unbranched alkanes of at least 4 members (excludes halogenated alkanes) is 3. The van der Waals surface area contributed by atoms with Crippen LogP contribution < -0.4 is 0 Å². The summed E-state index contributed by atoms with van der Waals surface area (Å²) in [4.78, 5) is 18.1. The first-order valence-corrected chi connectivity index (χ1v) is 8.72. The average molecular weight is 265 g/mol. The number of hydrogen-bond donors (Lipinski definition) is 2. The van der Waals surface area contributed by atoms with Crippen molar-refractivity contribution in [1.29, 1.82) is 0 Å². The van der Waals surface area contributed by atoms with Crippen molar-refractivity contribution in [2.24, 2.45) is 0 Å². The topological polar surface area (TPSA) is 49.7 Å². The molecule has 0 bridgehead atoms. The molecule has 0 spiro atoms. The zero-order valence-electron chi connectivity index (χ0n) is 8.62. The van der Waals surface area contributed by atoms with Gasteiger partial charge in [-0.25, -0.2) is 0 Å². The molecule has 0 aromatic heterocycles. The molecule has 6 heteroatoms. The Hall–Kier alpha value is 0.890. The summed E-state index contributed by atoms with van der Waals surface area (Å²) in [7, 11) is 0. The third-order valence-electron chi connectivity index (χ3n) is 1.82. The Kier molecular flexibility index (Phi) is 6.20. The van der Waals surface area contributed by atoms with Crippen molar-refractivity contribution >= 4 is 28.5 Å². The summed E-state index contributed by atoms with van der Waals surface area (Å²) >= 11 is 10.4. The van der Waals surface area contributed by atoms with E-state index >= 15 is 0 Å². The van der Waals surface area contributed by atoms with Crippen LogP contribution in [0, 0.1) is 0 Å². The van der Waals surface area contributed by atoms with E-state index in [0.29, 0.717) is 0 Å². The molecule has 0 fully saturated rings. The van der Waals surface area contributed by atoms with Crippen LogP contribution in [0.1, 0.15) is 46.0 Å². The summed E-state index contributed by atoms with van der Waals surface area (Å²) in [6.07, 6.45) is 4.85. The minimum atomic E-state index is -4.80. The molecule has 0 saturated carbocycles. The van der Waals surface area contributed by atoms with Crippen molar-refractivity contribution in [1.82, 2.24) is 0 Å². The van der Waals surface area contributed by atoms with E-state index in [4.69, 9.17) is 36.8 Å². The summed E-state index contributed by atoms with van der Waals surface area (Å²) in [5.41, 5.74) is 0. The van der Waals surface area contributed by atoms with Gasteiger partial charge in [-0.05, 0) is 0 Å². The van der Waals surface area contributed by atoms with Crippen LogP contribution in [-0.2, 0) is 4.52 Å². The molecular weight excluding hydrogens is 246 g/mol. The van der Waals surface area contributed by atoms with Crippen molar-refractivity contribution in [3.05, 3.63) is 0 Å². The van der Waals surface area contributed by atoms with Crippen LogP contribution in [0.15, 0.2) is 0 Å². The van der Waals surface area contributed by atoms with Gasteiger partial charge < -0.3 is 0 Å². The van der Waals surface area contributed by atoms with Gasteiger partial charge in [-0.3, -0.25) is 0 Å². The van der Waals surface area contributed by atoms with Crippen LogP contribution >= 0.6 is 28.5 Å². The molecule has 0 aliphatic rings. The number of halogens is 2. The molecule has 1 unspecified atom stereocenters. The summed E-state index contributed by atoms with van der Waals surface area (Å²) in [6.45, 7) is 3.86. The van der Waals surface area contributed by atoms with Gasteiger partial charge in [0.25, 0.3) is 0 Å². The molecule has 2 N–H and O–H groups in total. The van der Waals surface area contributed by atoms with E-state index in [1.54, 1.807) is 6.92 Å². The molecule has 0 aromatic rings. The summed E-state index contributed by atoms with van der Waals surface area (Å²) in [5.74, 6) is -4.80. The molecule has 0 rings (SSSR count). The van der Waals surface area contributed by atoms with E-state index in [0.717, 1.165) is 19.3 Å². The monoisotopic (exact) mass is 264 g/mol. The third kappa shape index (κ3) is 11.0. The molecule has 3 nitrogen and oxygen atoms in total. The normalized spacial score (nSPS) is 17.4. The van der Waals surface area contributed by atoms with E-state index in [2.05, 4.69) is 6.92 Å². The quantitative estimate of drug-likeness (QED) is 0.541. The molecular formula is C8H19Cl2O3P. The van der Waals surface area contributed by atoms with Crippen LogP contribution in [0.4, 0.5) is 0 Å². The van der Waals surface area contributed by atoms with Crippen LogP contribution in [0.5, 0.6) is 0 Å². The third-order valence-corrected chi connectivity index (χ3v) is 3.00. The SMILES string of the molecule is CCCCCCC(C)OP(O)(O)(Cl)Cl. The predicted molar refractivity (Wildman–Crippen MR) is 62.4 cm³/mol. The van der Waals surface area contributed by atoms with Gasteiger partial charge in [0.2, 0.25) is 0 Å². The second kappa shape index (κ2) is 5.83. The Morgan fingerprint density at radius 2 is 1.79 bits per heavy atom. The molecule has 1 atom stereocenters. The standard InChI is InChI=1S/C8H19Cl2O3P/c1-3-4-5-6-7-8(2)13-14(9,10,11)12/h8,11-12H,3-7H2,1-2H3. The van der Waals surface area contributed by atoms with Gasteiger partial charge in [0.15, 0.2) is 0 Å². The van der Waals surface area contributed by atoms with Crippen LogP contribution in [0.3, 0.4) is 0 Å². The van der Waals surface area contributed by atoms with Gasteiger partial charge in [0, 0.05) is 0 Å². The molecule has 0 aliphatic heterocycles. The predicted octanol–water partition coefficient (Wildman–Crippen LogP) is 3.95. The molecule has 0 radical (unpaired) electrons. The summed E-state index contributed by atoms with van der Waals surface area (Å²) in [6, 6.07) is 0. The molecule has 14 heavy (non-hydrogen) atoms. The Bertz CT molecular complexity index is 160. The molecule has 0 saturated heterocycles. The first kappa shape index (κ1) is 14.9. The van der Waals surface area contributed by atoms with E-state index in [9.17, 15) is 0 Å². The fourth-order valence-corrected chi connectivity index (χ4v) is 2.72. The van der Waals surface area contributed by atoms with Gasteiger partial charge >= 0.3 is 94.8 Å². The Morgan fingerprint density at radius 3 is 2.21 bits per heavy atom. The van der Waals surface area contributed by atoms with E-state index in [1.807, 2.05) is 0 Å². The van der Waals surface area contributed by atoms with Crippen molar-refractivity contribution < 1.29 is 14.3 Å². The van der Waals surface area contributed by atoms with Crippen LogP contribution in [0.2, 0.25) is 0 Å². The van der Waals surface area contributed by atoms with E-state index < -0.39 is 5.99 Å². The van der Waals surface area contributed by atoms with E-state index in [-0.39, 0.29) is 6.10 Å². The maximum atomic E-state index is 9.05. The van der Waals surface area contributed by atoms with Crippen molar-refractivity contribution in [2.75, 3.05) is 0 Å². The fraction of sp³-hybridized carbons (Fsp3) is 1.00. The van der Waals surface area contributed by atoms with Gasteiger partial charge in [-0.15, -0.1) is 0 Å². The Labute approximate surface area is 95.1 Å². The van der Waals surface area contributed by atoms with Gasteiger partial charge in [-0.2, -0.15) is 0 Å². The zero-order chi connectivity index (χ0) is 11.3. The van der Waals surface area contributed by atoms with Gasteiger partial charge in [-0.1, -0.05) is 0 Å². The first-order chi connectivity index (χ1) is 6.21. The van der Waals surface area contributed by atoms with E-state index in [1.165, 1.54) is 12.8 Å². The van der Waals surface area contributed by atoms with Crippen molar-refractivity contribution in [2.45, 2.75) is 52.1 Å². The van der Waals surface area contributed by atoms with Gasteiger partial charge in [0.05, 0.1) is 0 Å². The van der Waals surface area contributed by atoms with Crippen LogP contribution in [-0.4, -0.2) is 15.9 Å². The Balaban J connectivity index is 3.61. The minimum absolute atomic E-state index is 0.325. The van der Waals surface area contributed by atoms with Crippen molar-refractivity contribution in [3.63, 3.8) is 0 Å². The maximum absolute atomic E-state index is 9.05. The van der Waals surface area contributed by atoms with Gasteiger partial charge in [0.1, 0.15) is 0 Å². The average Bonchev–Trinajstić information content (AvgIpc) is 1.93. The summed E-state index contributed by atoms with van der Waals surface area (Å²) in [5, 5.41) is 0. The van der Waals surface area contributed by atoms with Crippen LogP contribution in [0.25, 0.3) is 0 Å². The molecule has 88 valence electrons. The zero-order valence-corrected chi connectivity index (χ0v) is 11.0. The number of hydrogen-bond acceptors (Lipinski definition) is 3. The molecule has 0 heterocycles. The number of rotatable bonds is 7. The van der Waals surface area contributed by atoms with Crippen molar-refractivity contribution in [3.8, 4) is 0 Å². The molecule has 0 aromatic carbocycles. The second-order valence-corrected chi connectivity index (χ2v) is 9.42.